The lowest BCUT2D eigenvalue weighted by Crippen LogP contribution is -2.10. The summed E-state index contributed by atoms with van der Waals surface area (Å²) >= 11 is 3.41. The number of hydrogen-bond donors (Lipinski definition) is 0. The van der Waals surface area contributed by atoms with Gasteiger partial charge in [0, 0.05) is 30.1 Å². The van der Waals surface area contributed by atoms with E-state index in [-0.39, 0.29) is 5.78 Å². The molecular formula is C14H15BrN2O. The highest BCUT2D eigenvalue weighted by atomic mass is 79.9. The minimum absolute atomic E-state index is 0.205. The molecule has 0 aliphatic carbocycles. The predicted molar refractivity (Wildman–Crippen MR) is 74.5 cm³/mol. The second-order valence-electron chi connectivity index (χ2n) is 4.42. The SMILES string of the molecule is Cc1cc(CC(=O)Cc2cccc(Br)c2)n(C)n1. The molecule has 0 N–H and O–H groups in total. The van der Waals surface area contributed by atoms with E-state index < -0.39 is 0 Å². The number of aromatic nitrogens is 2. The van der Waals surface area contributed by atoms with E-state index in [1.165, 1.54) is 0 Å². The van der Waals surface area contributed by atoms with Crippen LogP contribution in [0.5, 0.6) is 0 Å². The molecule has 4 heteroatoms. The third kappa shape index (κ3) is 3.29. The van der Waals surface area contributed by atoms with Gasteiger partial charge in [-0.1, -0.05) is 28.1 Å². The molecular weight excluding hydrogens is 292 g/mol. The Kier molecular flexibility index (Phi) is 3.97. The number of carbonyl (C=O) groups is 1. The van der Waals surface area contributed by atoms with E-state index in [4.69, 9.17) is 0 Å². The Balaban J connectivity index is 2.03. The van der Waals surface area contributed by atoms with Crippen molar-refractivity contribution in [1.29, 1.82) is 0 Å². The summed E-state index contributed by atoms with van der Waals surface area (Å²) in [7, 11) is 1.87. The van der Waals surface area contributed by atoms with Crippen molar-refractivity contribution in [3.05, 3.63) is 51.8 Å². The van der Waals surface area contributed by atoms with Crippen molar-refractivity contribution >= 4 is 21.7 Å². The first-order valence-electron chi connectivity index (χ1n) is 5.80. The van der Waals surface area contributed by atoms with Gasteiger partial charge in [-0.15, -0.1) is 0 Å². The Hall–Kier alpha value is -1.42. The number of halogens is 1. The van der Waals surface area contributed by atoms with Gasteiger partial charge in [0.2, 0.25) is 0 Å². The van der Waals surface area contributed by atoms with E-state index in [1.807, 2.05) is 44.3 Å². The quantitative estimate of drug-likeness (QED) is 0.870. The van der Waals surface area contributed by atoms with E-state index >= 15 is 0 Å². The van der Waals surface area contributed by atoms with Crippen molar-refractivity contribution in [2.24, 2.45) is 7.05 Å². The number of nitrogens with zero attached hydrogens (tertiary/aromatic N) is 2. The van der Waals surface area contributed by atoms with Gasteiger partial charge in [0.05, 0.1) is 5.69 Å². The van der Waals surface area contributed by atoms with Gasteiger partial charge in [-0.2, -0.15) is 5.10 Å². The zero-order valence-electron chi connectivity index (χ0n) is 10.5. The maximum Gasteiger partial charge on any atom is 0.143 e. The van der Waals surface area contributed by atoms with E-state index in [0.717, 1.165) is 21.4 Å². The lowest BCUT2D eigenvalue weighted by Gasteiger charge is -2.03. The molecule has 18 heavy (non-hydrogen) atoms. The Morgan fingerprint density at radius 3 is 2.72 bits per heavy atom. The van der Waals surface area contributed by atoms with Gasteiger partial charge in [0.15, 0.2) is 0 Å². The van der Waals surface area contributed by atoms with Crippen molar-refractivity contribution < 1.29 is 4.79 Å². The van der Waals surface area contributed by atoms with Crippen molar-refractivity contribution in [2.45, 2.75) is 19.8 Å². The van der Waals surface area contributed by atoms with Crippen LogP contribution in [0.2, 0.25) is 0 Å². The summed E-state index contributed by atoms with van der Waals surface area (Å²) in [5.74, 6) is 0.205. The largest absolute Gasteiger partial charge is 0.299 e. The topological polar surface area (TPSA) is 34.9 Å². The fraction of sp³-hybridized carbons (Fsp3) is 0.286. The molecule has 0 saturated heterocycles. The smallest absolute Gasteiger partial charge is 0.143 e. The van der Waals surface area contributed by atoms with E-state index in [9.17, 15) is 4.79 Å². The van der Waals surface area contributed by atoms with E-state index in [2.05, 4.69) is 21.0 Å². The first-order chi connectivity index (χ1) is 8.54. The highest BCUT2D eigenvalue weighted by Crippen LogP contribution is 2.13. The molecule has 2 aromatic rings. The van der Waals surface area contributed by atoms with Crippen LogP contribution in [0.3, 0.4) is 0 Å². The molecule has 1 heterocycles. The summed E-state index contributed by atoms with van der Waals surface area (Å²) in [5.41, 5.74) is 2.95. The zero-order valence-corrected chi connectivity index (χ0v) is 12.1. The van der Waals surface area contributed by atoms with Gasteiger partial charge < -0.3 is 0 Å². The third-order valence-corrected chi connectivity index (χ3v) is 3.26. The molecule has 3 nitrogen and oxygen atoms in total. The maximum absolute atomic E-state index is 12.0. The number of Topliss-reactive ketones (excluding diaryl/α,β-unsaturated/α-hetero) is 1. The summed E-state index contributed by atoms with van der Waals surface area (Å²) in [6, 6.07) is 9.81. The van der Waals surface area contributed by atoms with Crippen LogP contribution in [0.4, 0.5) is 0 Å². The fourth-order valence-electron chi connectivity index (χ4n) is 1.97. The van der Waals surface area contributed by atoms with Crippen LogP contribution in [-0.2, 0) is 24.7 Å². The molecule has 0 spiro atoms. The minimum Gasteiger partial charge on any atom is -0.299 e. The van der Waals surface area contributed by atoms with E-state index in [0.29, 0.717) is 12.8 Å². The molecule has 0 saturated carbocycles. The fourth-order valence-corrected chi connectivity index (χ4v) is 2.42. The zero-order chi connectivity index (χ0) is 13.1. The van der Waals surface area contributed by atoms with Crippen LogP contribution in [0.1, 0.15) is 17.0 Å². The van der Waals surface area contributed by atoms with Gasteiger partial charge in [-0.3, -0.25) is 9.48 Å². The Labute approximate surface area is 115 Å². The van der Waals surface area contributed by atoms with Crippen LogP contribution >= 0.6 is 15.9 Å². The van der Waals surface area contributed by atoms with Gasteiger partial charge in [-0.25, -0.2) is 0 Å². The Bertz CT molecular complexity index is 575. The molecule has 0 unspecified atom stereocenters. The average molecular weight is 307 g/mol. The second-order valence-corrected chi connectivity index (χ2v) is 5.34. The number of ketones is 1. The lowest BCUT2D eigenvalue weighted by molar-refractivity contribution is -0.117. The average Bonchev–Trinajstić information content (AvgIpc) is 2.57. The Morgan fingerprint density at radius 2 is 2.11 bits per heavy atom. The molecule has 0 radical (unpaired) electrons. The lowest BCUT2D eigenvalue weighted by atomic mass is 10.1. The third-order valence-electron chi connectivity index (χ3n) is 2.77. The van der Waals surface area contributed by atoms with Crippen molar-refractivity contribution in [2.75, 3.05) is 0 Å². The number of aryl methyl sites for hydroxylation is 2. The van der Waals surface area contributed by atoms with Crippen molar-refractivity contribution in [3.8, 4) is 0 Å². The molecule has 0 aliphatic heterocycles. The Morgan fingerprint density at radius 1 is 1.33 bits per heavy atom. The molecule has 1 aromatic heterocycles. The monoisotopic (exact) mass is 306 g/mol. The number of benzene rings is 1. The highest BCUT2D eigenvalue weighted by Gasteiger charge is 2.09. The maximum atomic E-state index is 12.0. The first-order valence-corrected chi connectivity index (χ1v) is 6.59. The predicted octanol–water partition coefficient (Wildman–Crippen LogP) is 2.85. The standard InChI is InChI=1S/C14H15BrN2O/c1-10-6-13(17(2)16-10)9-14(18)8-11-4-3-5-12(15)7-11/h3-7H,8-9H2,1-2H3. The van der Waals surface area contributed by atoms with Crippen molar-refractivity contribution in [3.63, 3.8) is 0 Å². The first kappa shape index (κ1) is 13.0. The summed E-state index contributed by atoms with van der Waals surface area (Å²) < 4.78 is 2.78. The minimum atomic E-state index is 0.205. The summed E-state index contributed by atoms with van der Waals surface area (Å²) in [5, 5.41) is 4.24. The molecule has 0 atom stereocenters. The number of carbonyl (C=O) groups excluding carboxylic acids is 1. The summed E-state index contributed by atoms with van der Waals surface area (Å²) in [4.78, 5) is 12.0. The van der Waals surface area contributed by atoms with Gasteiger partial charge >= 0.3 is 0 Å². The molecule has 0 bridgehead atoms. The van der Waals surface area contributed by atoms with Gasteiger partial charge in [0.25, 0.3) is 0 Å². The van der Waals surface area contributed by atoms with Gasteiger partial charge in [0.1, 0.15) is 5.78 Å². The summed E-state index contributed by atoms with van der Waals surface area (Å²) in [6.07, 6.45) is 0.896. The normalized spacial score (nSPS) is 10.6. The molecule has 0 aliphatic rings. The van der Waals surface area contributed by atoms with Crippen LogP contribution < -0.4 is 0 Å². The highest BCUT2D eigenvalue weighted by molar-refractivity contribution is 9.10. The van der Waals surface area contributed by atoms with Crippen LogP contribution in [0.25, 0.3) is 0 Å². The molecule has 2 rings (SSSR count). The number of hydrogen-bond acceptors (Lipinski definition) is 2. The van der Waals surface area contributed by atoms with Crippen LogP contribution in [-0.4, -0.2) is 15.6 Å². The molecule has 0 fully saturated rings. The number of rotatable bonds is 4. The van der Waals surface area contributed by atoms with E-state index in [1.54, 1.807) is 4.68 Å². The van der Waals surface area contributed by atoms with Crippen molar-refractivity contribution in [1.82, 2.24) is 9.78 Å². The molecule has 94 valence electrons. The van der Waals surface area contributed by atoms with Crippen LogP contribution in [0.15, 0.2) is 34.8 Å². The van der Waals surface area contributed by atoms with Crippen LogP contribution in [0, 0.1) is 6.92 Å². The molecule has 1 aromatic carbocycles. The second kappa shape index (κ2) is 5.48. The van der Waals surface area contributed by atoms with Gasteiger partial charge in [-0.05, 0) is 30.7 Å². The molecule has 0 amide bonds. The summed E-state index contributed by atoms with van der Waals surface area (Å²) in [6.45, 7) is 1.93.